The van der Waals surface area contributed by atoms with Crippen molar-refractivity contribution in [3.63, 3.8) is 0 Å². The summed E-state index contributed by atoms with van der Waals surface area (Å²) < 4.78 is 7.76. The van der Waals surface area contributed by atoms with Crippen LogP contribution in [0.1, 0.15) is 22.3 Å². The number of likely N-dealkylation sites (tertiary alicyclic amines) is 1. The number of halogens is 2. The topological polar surface area (TPSA) is 128 Å². The predicted octanol–water partition coefficient (Wildman–Crippen LogP) is 3.70. The number of nitrogens with zero attached hydrogens (tertiary/aromatic N) is 4. The van der Waals surface area contributed by atoms with E-state index in [1.807, 2.05) is 18.2 Å². The van der Waals surface area contributed by atoms with Crippen molar-refractivity contribution in [3.05, 3.63) is 96.9 Å². The molecular weight excluding hydrogens is 619 g/mol. The highest BCUT2D eigenvalue weighted by atomic mass is 35.5. The normalized spacial score (nSPS) is 15.5. The number of anilines is 1. The van der Waals surface area contributed by atoms with E-state index in [9.17, 15) is 19.2 Å². The molecule has 1 spiro atoms. The van der Waals surface area contributed by atoms with Gasteiger partial charge in [-0.25, -0.2) is 4.79 Å². The van der Waals surface area contributed by atoms with Crippen LogP contribution in [0.2, 0.25) is 10.0 Å². The van der Waals surface area contributed by atoms with Gasteiger partial charge in [0.1, 0.15) is 11.3 Å². The Balaban J connectivity index is 1.25. The fraction of sp³-hybridized carbons (Fsp3) is 0.281. The van der Waals surface area contributed by atoms with Gasteiger partial charge in [0.15, 0.2) is 0 Å². The van der Waals surface area contributed by atoms with Crippen LogP contribution in [0.5, 0.6) is 5.75 Å². The number of pyridine rings is 1. The minimum Gasteiger partial charge on any atom is -0.496 e. The maximum Gasteiger partial charge on any atom is 0.330 e. The van der Waals surface area contributed by atoms with E-state index in [4.69, 9.17) is 27.9 Å². The van der Waals surface area contributed by atoms with Gasteiger partial charge >= 0.3 is 5.69 Å². The molecule has 45 heavy (non-hydrogen) atoms. The Morgan fingerprint density at radius 3 is 2.53 bits per heavy atom. The molecule has 0 saturated carbocycles. The van der Waals surface area contributed by atoms with E-state index >= 15 is 0 Å². The molecule has 13 heteroatoms. The van der Waals surface area contributed by atoms with E-state index in [1.165, 1.54) is 20.3 Å². The molecular formula is C32H30Cl2N6O5. The summed E-state index contributed by atoms with van der Waals surface area (Å²) in [6.07, 6.45) is 3.40. The van der Waals surface area contributed by atoms with Crippen LogP contribution in [0.15, 0.2) is 64.4 Å². The van der Waals surface area contributed by atoms with E-state index in [0.29, 0.717) is 40.6 Å². The first kappa shape index (κ1) is 30.6. The summed E-state index contributed by atoms with van der Waals surface area (Å²) >= 11 is 13.7. The van der Waals surface area contributed by atoms with Crippen molar-refractivity contribution in [2.24, 2.45) is 19.5 Å². The van der Waals surface area contributed by atoms with Gasteiger partial charge in [0.05, 0.1) is 28.5 Å². The lowest BCUT2D eigenvalue weighted by molar-refractivity contribution is -0.120. The maximum absolute atomic E-state index is 13.0. The number of hydrogen-bond donors (Lipinski definition) is 2. The number of nitrogens with one attached hydrogen (secondary N) is 2. The molecule has 2 fully saturated rings. The van der Waals surface area contributed by atoms with Gasteiger partial charge < -0.3 is 19.9 Å². The maximum atomic E-state index is 13.0. The number of aromatic nitrogens is 3. The Bertz CT molecular complexity index is 1980. The minimum absolute atomic E-state index is 0.0436. The Morgan fingerprint density at radius 1 is 1.07 bits per heavy atom. The first-order valence-corrected chi connectivity index (χ1v) is 14.9. The fourth-order valence-electron chi connectivity index (χ4n) is 6.10. The van der Waals surface area contributed by atoms with Crippen LogP contribution in [0, 0.1) is 5.41 Å². The number of carbonyl (C=O) groups excluding carboxylic acids is 2. The second kappa shape index (κ2) is 11.8. The van der Waals surface area contributed by atoms with E-state index in [-0.39, 0.29) is 27.6 Å². The molecule has 0 radical (unpaired) electrons. The van der Waals surface area contributed by atoms with Crippen molar-refractivity contribution in [2.75, 3.05) is 32.1 Å². The Kier molecular flexibility index (Phi) is 8.02. The van der Waals surface area contributed by atoms with Gasteiger partial charge in [0.2, 0.25) is 5.91 Å². The number of rotatable bonds is 7. The van der Waals surface area contributed by atoms with Gasteiger partial charge in [0.25, 0.3) is 11.5 Å². The monoisotopic (exact) mass is 648 g/mol. The minimum atomic E-state index is -0.720. The lowest BCUT2D eigenvalue weighted by atomic mass is 9.79. The van der Waals surface area contributed by atoms with Crippen molar-refractivity contribution < 1.29 is 14.3 Å². The molecule has 2 aromatic heterocycles. The molecule has 4 heterocycles. The molecule has 2 N–H and O–H groups in total. The Hall–Kier alpha value is -4.45. The lowest BCUT2D eigenvalue weighted by Crippen LogP contribution is -2.56. The zero-order chi connectivity index (χ0) is 32.0. The van der Waals surface area contributed by atoms with Gasteiger partial charge in [-0.05, 0) is 18.2 Å². The molecule has 2 amide bonds. The lowest BCUT2D eigenvalue weighted by Gasteiger charge is -2.47. The SMILES string of the molecule is COc1cc(-c2nccc(-c3cccc(NC(=O)c4cn(C)c(=O)n(C)c4=O)c3Cl)c2Cl)ccc1CN1CC2(CNC(=O)C2)C1. The fourth-order valence-corrected chi connectivity index (χ4v) is 6.69. The second-order valence-electron chi connectivity index (χ2n) is 11.6. The van der Waals surface area contributed by atoms with Crippen molar-refractivity contribution in [3.8, 4) is 28.1 Å². The number of hydrogen-bond acceptors (Lipinski definition) is 7. The summed E-state index contributed by atoms with van der Waals surface area (Å²) in [5, 5.41) is 6.19. The summed E-state index contributed by atoms with van der Waals surface area (Å²) in [7, 11) is 4.38. The van der Waals surface area contributed by atoms with Gasteiger partial charge in [-0.2, -0.15) is 0 Å². The molecule has 2 saturated heterocycles. The number of carbonyl (C=O) groups is 2. The highest BCUT2D eigenvalue weighted by Crippen LogP contribution is 2.42. The first-order chi connectivity index (χ1) is 21.5. The summed E-state index contributed by atoms with van der Waals surface area (Å²) in [6.45, 7) is 3.13. The van der Waals surface area contributed by atoms with Crippen LogP contribution in [-0.2, 0) is 25.4 Å². The zero-order valence-corrected chi connectivity index (χ0v) is 26.3. The Labute approximate surface area is 268 Å². The summed E-state index contributed by atoms with van der Waals surface area (Å²) in [5.41, 5.74) is 2.27. The third-order valence-electron chi connectivity index (χ3n) is 8.39. The van der Waals surface area contributed by atoms with Crippen molar-refractivity contribution in [2.45, 2.75) is 13.0 Å². The quantitative estimate of drug-likeness (QED) is 0.313. The molecule has 6 rings (SSSR count). The molecule has 0 unspecified atom stereocenters. The second-order valence-corrected chi connectivity index (χ2v) is 12.3. The Morgan fingerprint density at radius 2 is 1.82 bits per heavy atom. The van der Waals surface area contributed by atoms with E-state index in [2.05, 4.69) is 20.5 Å². The summed E-state index contributed by atoms with van der Waals surface area (Å²) in [5.74, 6) is 0.111. The smallest absolute Gasteiger partial charge is 0.330 e. The van der Waals surface area contributed by atoms with E-state index in [1.54, 1.807) is 37.6 Å². The van der Waals surface area contributed by atoms with Crippen molar-refractivity contribution in [1.82, 2.24) is 24.3 Å². The third kappa shape index (κ3) is 5.63. The molecule has 11 nitrogen and oxygen atoms in total. The number of ether oxygens (including phenoxy) is 1. The predicted molar refractivity (Wildman–Crippen MR) is 172 cm³/mol. The molecule has 0 atom stereocenters. The average molecular weight is 650 g/mol. The van der Waals surface area contributed by atoms with Crippen LogP contribution in [0.3, 0.4) is 0 Å². The number of methoxy groups -OCH3 is 1. The molecule has 2 aliphatic rings. The first-order valence-electron chi connectivity index (χ1n) is 14.2. The molecule has 0 bridgehead atoms. The molecule has 0 aliphatic carbocycles. The van der Waals surface area contributed by atoms with Crippen LogP contribution in [-0.4, -0.2) is 57.6 Å². The van der Waals surface area contributed by atoms with Crippen LogP contribution in [0.4, 0.5) is 5.69 Å². The number of aryl methyl sites for hydroxylation is 1. The van der Waals surface area contributed by atoms with E-state index < -0.39 is 17.2 Å². The van der Waals surface area contributed by atoms with Gasteiger partial charge in [-0.1, -0.05) is 47.5 Å². The molecule has 4 aromatic rings. The molecule has 232 valence electrons. The largest absolute Gasteiger partial charge is 0.496 e. The number of amides is 2. The van der Waals surface area contributed by atoms with E-state index in [0.717, 1.165) is 39.9 Å². The van der Waals surface area contributed by atoms with Gasteiger partial charge in [0, 0.05) is 86.8 Å². The molecule has 2 aliphatic heterocycles. The summed E-state index contributed by atoms with van der Waals surface area (Å²) in [6, 6.07) is 12.7. The van der Waals surface area contributed by atoms with Gasteiger partial charge in [-0.3, -0.25) is 28.8 Å². The number of benzene rings is 2. The van der Waals surface area contributed by atoms with Crippen molar-refractivity contribution >= 4 is 40.7 Å². The third-order valence-corrected chi connectivity index (χ3v) is 9.18. The standard InChI is InChI=1S/C32H30Cl2N6O5/c1-38-14-22(30(43)39(2)31(38)44)29(42)37-23-6-4-5-20(26(23)33)21-9-10-35-28(27(21)34)18-7-8-19(24(11-18)45-3)13-40-16-32(17-40)12-25(41)36-15-32/h4-11,14H,12-13,15-17H2,1-3H3,(H,36,41)(H,37,42). The van der Waals surface area contributed by atoms with Gasteiger partial charge in [-0.15, -0.1) is 0 Å². The van der Waals surface area contributed by atoms with Crippen LogP contribution in [0.25, 0.3) is 22.4 Å². The van der Waals surface area contributed by atoms with Crippen molar-refractivity contribution in [1.29, 1.82) is 0 Å². The zero-order valence-electron chi connectivity index (χ0n) is 24.8. The highest BCUT2D eigenvalue weighted by Gasteiger charge is 2.47. The van der Waals surface area contributed by atoms with Crippen LogP contribution >= 0.6 is 23.2 Å². The highest BCUT2D eigenvalue weighted by molar-refractivity contribution is 6.39. The summed E-state index contributed by atoms with van der Waals surface area (Å²) in [4.78, 5) is 56.2. The molecule has 2 aromatic carbocycles. The van der Waals surface area contributed by atoms with Crippen LogP contribution < -0.4 is 26.6 Å². The average Bonchev–Trinajstić information content (AvgIpc) is 3.41.